The van der Waals surface area contributed by atoms with Crippen LogP contribution in [-0.4, -0.2) is 55.4 Å². The van der Waals surface area contributed by atoms with Gasteiger partial charge < -0.3 is 19.5 Å². The first kappa shape index (κ1) is 16.5. The molecule has 0 aliphatic heterocycles. The number of phenolic OH excluding ortho intramolecular Hbond substituents is 1. The molecule has 0 aliphatic carbocycles. The van der Waals surface area contributed by atoms with E-state index in [1.54, 1.807) is 23.1 Å². The van der Waals surface area contributed by atoms with Gasteiger partial charge in [-0.05, 0) is 26.0 Å². The van der Waals surface area contributed by atoms with Crippen molar-refractivity contribution >= 4 is 5.91 Å². The predicted molar refractivity (Wildman–Crippen MR) is 77.0 cm³/mol. The van der Waals surface area contributed by atoms with E-state index >= 15 is 0 Å². The highest BCUT2D eigenvalue weighted by Gasteiger charge is 2.18. The van der Waals surface area contributed by atoms with Gasteiger partial charge in [0.1, 0.15) is 5.75 Å². The van der Waals surface area contributed by atoms with Crippen molar-refractivity contribution in [2.24, 2.45) is 0 Å². The van der Waals surface area contributed by atoms with E-state index in [0.29, 0.717) is 45.1 Å². The monoisotopic (exact) mass is 281 g/mol. The van der Waals surface area contributed by atoms with Crippen LogP contribution in [0.1, 0.15) is 24.2 Å². The minimum absolute atomic E-state index is 0.00433. The number of hydrogen-bond acceptors (Lipinski definition) is 4. The van der Waals surface area contributed by atoms with Crippen LogP contribution in [0.4, 0.5) is 0 Å². The van der Waals surface area contributed by atoms with Crippen LogP contribution in [0, 0.1) is 0 Å². The van der Waals surface area contributed by atoms with Gasteiger partial charge in [0.15, 0.2) is 0 Å². The van der Waals surface area contributed by atoms with E-state index in [1.165, 1.54) is 6.07 Å². The molecule has 0 fully saturated rings. The first-order valence-corrected chi connectivity index (χ1v) is 6.93. The number of carbonyl (C=O) groups is 1. The molecular weight excluding hydrogens is 258 g/mol. The van der Waals surface area contributed by atoms with Gasteiger partial charge in [0.25, 0.3) is 5.91 Å². The Bertz CT molecular complexity index is 399. The summed E-state index contributed by atoms with van der Waals surface area (Å²) in [6, 6.07) is 6.55. The molecule has 0 spiro atoms. The van der Waals surface area contributed by atoms with Crippen LogP contribution in [0.5, 0.6) is 5.75 Å². The van der Waals surface area contributed by atoms with Gasteiger partial charge in [0.2, 0.25) is 0 Å². The second kappa shape index (κ2) is 9.34. The van der Waals surface area contributed by atoms with Gasteiger partial charge in [-0.1, -0.05) is 12.1 Å². The second-order valence-electron chi connectivity index (χ2n) is 4.20. The van der Waals surface area contributed by atoms with Crippen molar-refractivity contribution in [2.75, 3.05) is 39.5 Å². The van der Waals surface area contributed by atoms with Gasteiger partial charge in [0, 0.05) is 26.3 Å². The Labute approximate surface area is 120 Å². The second-order valence-corrected chi connectivity index (χ2v) is 4.20. The molecule has 1 rings (SSSR count). The van der Waals surface area contributed by atoms with E-state index < -0.39 is 0 Å². The summed E-state index contributed by atoms with van der Waals surface area (Å²) in [4.78, 5) is 14.0. The van der Waals surface area contributed by atoms with Crippen molar-refractivity contribution in [3.05, 3.63) is 29.8 Å². The van der Waals surface area contributed by atoms with Gasteiger partial charge in [-0.15, -0.1) is 0 Å². The average molecular weight is 281 g/mol. The summed E-state index contributed by atoms with van der Waals surface area (Å²) in [5.41, 5.74) is 0.306. The number of amides is 1. The smallest absolute Gasteiger partial charge is 0.257 e. The molecular formula is C15H23NO4. The third-order valence-electron chi connectivity index (χ3n) is 2.84. The fraction of sp³-hybridized carbons (Fsp3) is 0.533. The molecule has 0 bridgehead atoms. The van der Waals surface area contributed by atoms with Gasteiger partial charge in [0.05, 0.1) is 18.8 Å². The number of para-hydroxylation sites is 1. The molecule has 112 valence electrons. The molecule has 5 nitrogen and oxygen atoms in total. The van der Waals surface area contributed by atoms with Crippen molar-refractivity contribution in [3.8, 4) is 5.75 Å². The predicted octanol–water partition coefficient (Wildman–Crippen LogP) is 1.91. The van der Waals surface area contributed by atoms with Crippen molar-refractivity contribution in [1.29, 1.82) is 0 Å². The van der Waals surface area contributed by atoms with Crippen LogP contribution in [0.25, 0.3) is 0 Å². The maximum Gasteiger partial charge on any atom is 0.257 e. The Morgan fingerprint density at radius 2 is 1.65 bits per heavy atom. The van der Waals surface area contributed by atoms with Crippen LogP contribution in [0.15, 0.2) is 24.3 Å². The van der Waals surface area contributed by atoms with Crippen molar-refractivity contribution < 1.29 is 19.4 Å². The number of benzene rings is 1. The van der Waals surface area contributed by atoms with E-state index in [-0.39, 0.29) is 11.7 Å². The molecule has 1 N–H and O–H groups in total. The van der Waals surface area contributed by atoms with Crippen LogP contribution >= 0.6 is 0 Å². The SMILES string of the molecule is CCOCCN(CCOCC)C(=O)c1ccccc1O. The van der Waals surface area contributed by atoms with Gasteiger partial charge in [-0.25, -0.2) is 0 Å². The summed E-state index contributed by atoms with van der Waals surface area (Å²) in [5.74, 6) is -0.210. The van der Waals surface area contributed by atoms with E-state index in [2.05, 4.69) is 0 Å². The Morgan fingerprint density at radius 1 is 1.10 bits per heavy atom. The molecule has 1 aromatic rings. The van der Waals surface area contributed by atoms with Crippen LogP contribution in [-0.2, 0) is 9.47 Å². The number of phenols is 1. The highest BCUT2D eigenvalue weighted by molar-refractivity contribution is 5.96. The van der Waals surface area contributed by atoms with Gasteiger partial charge in [-0.2, -0.15) is 0 Å². The van der Waals surface area contributed by atoms with E-state index in [9.17, 15) is 9.90 Å². The number of nitrogens with zero attached hydrogens (tertiary/aromatic N) is 1. The summed E-state index contributed by atoms with van der Waals surface area (Å²) in [6.07, 6.45) is 0. The maximum absolute atomic E-state index is 12.4. The Hall–Kier alpha value is -1.59. The lowest BCUT2D eigenvalue weighted by atomic mass is 10.1. The molecule has 0 heterocycles. The lowest BCUT2D eigenvalue weighted by molar-refractivity contribution is 0.0547. The van der Waals surface area contributed by atoms with Crippen molar-refractivity contribution in [1.82, 2.24) is 4.90 Å². The van der Waals surface area contributed by atoms with Crippen LogP contribution in [0.2, 0.25) is 0 Å². The fourth-order valence-corrected chi connectivity index (χ4v) is 1.78. The Kier molecular flexibility index (Phi) is 7.69. The lowest BCUT2D eigenvalue weighted by Crippen LogP contribution is -2.36. The first-order chi connectivity index (χ1) is 9.70. The summed E-state index contributed by atoms with van der Waals surface area (Å²) in [7, 11) is 0. The molecule has 5 heteroatoms. The first-order valence-electron chi connectivity index (χ1n) is 6.93. The third kappa shape index (κ3) is 5.19. The standard InChI is InChI=1S/C15H23NO4/c1-3-19-11-9-16(10-12-20-4-2)15(18)13-7-5-6-8-14(13)17/h5-8,17H,3-4,9-12H2,1-2H3. The molecule has 0 saturated heterocycles. The van der Waals surface area contributed by atoms with Crippen LogP contribution < -0.4 is 0 Å². The molecule has 0 saturated carbocycles. The van der Waals surface area contributed by atoms with Crippen molar-refractivity contribution in [3.63, 3.8) is 0 Å². The molecule has 0 atom stereocenters. The van der Waals surface area contributed by atoms with E-state index in [1.807, 2.05) is 13.8 Å². The van der Waals surface area contributed by atoms with Crippen molar-refractivity contribution in [2.45, 2.75) is 13.8 Å². The molecule has 20 heavy (non-hydrogen) atoms. The average Bonchev–Trinajstić information content (AvgIpc) is 2.46. The molecule has 1 amide bonds. The quantitative estimate of drug-likeness (QED) is 0.702. The summed E-state index contributed by atoms with van der Waals surface area (Å²) in [5, 5.41) is 9.76. The highest BCUT2D eigenvalue weighted by Crippen LogP contribution is 2.17. The molecule has 0 aliphatic rings. The normalized spacial score (nSPS) is 10.5. The van der Waals surface area contributed by atoms with E-state index in [0.717, 1.165) is 0 Å². The zero-order valence-corrected chi connectivity index (χ0v) is 12.2. The lowest BCUT2D eigenvalue weighted by Gasteiger charge is -2.23. The van der Waals surface area contributed by atoms with Crippen LogP contribution in [0.3, 0.4) is 0 Å². The number of carbonyl (C=O) groups excluding carboxylic acids is 1. The number of hydrogen-bond donors (Lipinski definition) is 1. The maximum atomic E-state index is 12.4. The highest BCUT2D eigenvalue weighted by atomic mass is 16.5. The third-order valence-corrected chi connectivity index (χ3v) is 2.84. The number of rotatable bonds is 9. The fourth-order valence-electron chi connectivity index (χ4n) is 1.78. The molecule has 0 aromatic heterocycles. The molecule has 0 unspecified atom stereocenters. The Balaban J connectivity index is 2.69. The Morgan fingerprint density at radius 3 is 2.15 bits per heavy atom. The number of ether oxygens (including phenoxy) is 2. The largest absolute Gasteiger partial charge is 0.507 e. The summed E-state index contributed by atoms with van der Waals surface area (Å²) in [6.45, 7) is 6.96. The van der Waals surface area contributed by atoms with Gasteiger partial charge >= 0.3 is 0 Å². The number of aromatic hydroxyl groups is 1. The molecule has 1 aromatic carbocycles. The van der Waals surface area contributed by atoms with E-state index in [4.69, 9.17) is 9.47 Å². The minimum Gasteiger partial charge on any atom is -0.507 e. The zero-order chi connectivity index (χ0) is 14.8. The zero-order valence-electron chi connectivity index (χ0n) is 12.2. The topological polar surface area (TPSA) is 59.0 Å². The summed E-state index contributed by atoms with van der Waals surface area (Å²) >= 11 is 0. The van der Waals surface area contributed by atoms with Gasteiger partial charge in [-0.3, -0.25) is 4.79 Å². The minimum atomic E-state index is -0.206. The molecule has 0 radical (unpaired) electrons. The summed E-state index contributed by atoms with van der Waals surface area (Å²) < 4.78 is 10.6.